The molecule has 0 aliphatic carbocycles. The minimum absolute atomic E-state index is 0. The predicted octanol–water partition coefficient (Wildman–Crippen LogP) is 4.74. The summed E-state index contributed by atoms with van der Waals surface area (Å²) in [6.45, 7) is 4.16. The fourth-order valence-corrected chi connectivity index (χ4v) is 3.70. The van der Waals surface area contributed by atoms with Gasteiger partial charge in [0.05, 0.1) is 26.5 Å². The largest absolute Gasteiger partial charge is 0.493 e. The van der Waals surface area contributed by atoms with Crippen LogP contribution < -0.4 is 20.1 Å². The average molecular weight is 552 g/mol. The standard InChI is InChI=1S/C23H28N4O2S.HI/c1-4-24-23(25-13-12-17-10-11-20(28-2)21(14-17)29-3)26-15-22-27-19(16-30-22)18-8-6-5-7-9-18;/h5-11,14,16H,4,12-13,15H2,1-3H3,(H2,24,25,26);1H. The first-order valence-electron chi connectivity index (χ1n) is 9.96. The molecular formula is C23H29IN4O2S. The maximum Gasteiger partial charge on any atom is 0.191 e. The van der Waals surface area contributed by atoms with E-state index in [1.807, 2.05) is 36.4 Å². The molecule has 0 saturated carbocycles. The van der Waals surface area contributed by atoms with Crippen molar-refractivity contribution >= 4 is 41.3 Å². The lowest BCUT2D eigenvalue weighted by atomic mass is 10.1. The fraction of sp³-hybridized carbons (Fsp3) is 0.304. The van der Waals surface area contributed by atoms with Crippen molar-refractivity contribution in [2.75, 3.05) is 27.3 Å². The van der Waals surface area contributed by atoms with E-state index in [0.717, 1.165) is 53.2 Å². The van der Waals surface area contributed by atoms with Gasteiger partial charge in [0, 0.05) is 24.0 Å². The molecular weight excluding hydrogens is 523 g/mol. The first-order chi connectivity index (χ1) is 14.7. The Hall–Kier alpha value is -2.33. The molecule has 0 amide bonds. The van der Waals surface area contributed by atoms with Crippen LogP contribution in [0.15, 0.2) is 58.9 Å². The monoisotopic (exact) mass is 552 g/mol. The quantitative estimate of drug-likeness (QED) is 0.228. The maximum absolute atomic E-state index is 5.38. The second-order valence-corrected chi connectivity index (χ2v) is 7.50. The Labute approximate surface area is 205 Å². The van der Waals surface area contributed by atoms with Crippen LogP contribution in [0.25, 0.3) is 11.3 Å². The summed E-state index contributed by atoms with van der Waals surface area (Å²) >= 11 is 1.63. The zero-order chi connectivity index (χ0) is 21.2. The van der Waals surface area contributed by atoms with E-state index in [9.17, 15) is 0 Å². The van der Waals surface area contributed by atoms with Crippen LogP contribution in [0.3, 0.4) is 0 Å². The Balaban J connectivity index is 0.00000341. The molecule has 0 atom stereocenters. The van der Waals surface area contributed by atoms with Gasteiger partial charge in [0.2, 0.25) is 0 Å². The lowest BCUT2D eigenvalue weighted by molar-refractivity contribution is 0.354. The third-order valence-electron chi connectivity index (χ3n) is 4.49. The molecule has 0 aliphatic heterocycles. The molecule has 1 heterocycles. The molecule has 3 aromatic rings. The molecule has 3 rings (SSSR count). The van der Waals surface area contributed by atoms with Gasteiger partial charge < -0.3 is 20.1 Å². The summed E-state index contributed by atoms with van der Waals surface area (Å²) in [6.07, 6.45) is 0.847. The van der Waals surface area contributed by atoms with E-state index in [2.05, 4.69) is 40.1 Å². The van der Waals surface area contributed by atoms with Crippen LogP contribution in [0, 0.1) is 0 Å². The van der Waals surface area contributed by atoms with E-state index in [-0.39, 0.29) is 24.0 Å². The number of ether oxygens (including phenoxy) is 2. The first kappa shape index (κ1) is 24.9. The van der Waals surface area contributed by atoms with E-state index in [4.69, 9.17) is 14.5 Å². The summed E-state index contributed by atoms with van der Waals surface area (Å²) in [6, 6.07) is 16.2. The van der Waals surface area contributed by atoms with Crippen molar-refractivity contribution in [3.05, 3.63) is 64.5 Å². The first-order valence-corrected chi connectivity index (χ1v) is 10.8. The molecule has 6 nitrogen and oxygen atoms in total. The van der Waals surface area contributed by atoms with E-state index in [0.29, 0.717) is 6.54 Å². The van der Waals surface area contributed by atoms with E-state index >= 15 is 0 Å². The number of thiazole rings is 1. The molecule has 0 radical (unpaired) electrons. The number of halogens is 1. The SMILES string of the molecule is CCNC(=NCc1nc(-c2ccccc2)cs1)NCCc1ccc(OC)c(OC)c1.I. The number of hydrogen-bond acceptors (Lipinski definition) is 5. The summed E-state index contributed by atoms with van der Waals surface area (Å²) in [7, 11) is 3.29. The zero-order valence-corrected chi connectivity index (χ0v) is 21.2. The van der Waals surface area contributed by atoms with Crippen LogP contribution in [0.1, 0.15) is 17.5 Å². The Kier molecular flexibility index (Phi) is 10.6. The number of rotatable bonds is 9. The Morgan fingerprint density at radius 1 is 1.03 bits per heavy atom. The molecule has 0 fully saturated rings. The molecule has 0 aliphatic rings. The number of guanidine groups is 1. The average Bonchev–Trinajstić information content (AvgIpc) is 3.27. The summed E-state index contributed by atoms with van der Waals surface area (Å²) in [5.41, 5.74) is 3.30. The molecule has 166 valence electrons. The summed E-state index contributed by atoms with van der Waals surface area (Å²) < 4.78 is 10.7. The van der Waals surface area contributed by atoms with Gasteiger partial charge >= 0.3 is 0 Å². The van der Waals surface area contributed by atoms with Gasteiger partial charge in [-0.05, 0) is 31.0 Å². The second kappa shape index (κ2) is 13.2. The molecule has 0 saturated heterocycles. The lowest BCUT2D eigenvalue weighted by Gasteiger charge is -2.12. The molecule has 0 bridgehead atoms. The van der Waals surface area contributed by atoms with E-state index in [1.165, 1.54) is 5.56 Å². The van der Waals surface area contributed by atoms with Gasteiger partial charge in [-0.25, -0.2) is 9.98 Å². The number of aliphatic imine (C=N–C) groups is 1. The fourth-order valence-electron chi connectivity index (χ4n) is 2.97. The minimum Gasteiger partial charge on any atom is -0.493 e. The van der Waals surface area contributed by atoms with Crippen molar-refractivity contribution in [1.82, 2.24) is 15.6 Å². The van der Waals surface area contributed by atoms with Crippen LogP contribution in [-0.2, 0) is 13.0 Å². The smallest absolute Gasteiger partial charge is 0.191 e. The topological polar surface area (TPSA) is 67.8 Å². The normalized spacial score (nSPS) is 10.9. The number of hydrogen-bond donors (Lipinski definition) is 2. The molecule has 2 N–H and O–H groups in total. The van der Waals surface area contributed by atoms with Crippen LogP contribution in [-0.4, -0.2) is 38.3 Å². The van der Waals surface area contributed by atoms with Gasteiger partial charge in [0.15, 0.2) is 17.5 Å². The lowest BCUT2D eigenvalue weighted by Crippen LogP contribution is -2.38. The van der Waals surface area contributed by atoms with Crippen molar-refractivity contribution in [1.29, 1.82) is 0 Å². The van der Waals surface area contributed by atoms with Crippen molar-refractivity contribution < 1.29 is 9.47 Å². The third kappa shape index (κ3) is 7.39. The highest BCUT2D eigenvalue weighted by Gasteiger charge is 2.06. The van der Waals surface area contributed by atoms with Gasteiger partial charge in [0.1, 0.15) is 5.01 Å². The summed E-state index contributed by atoms with van der Waals surface area (Å²) in [5.74, 6) is 2.27. The van der Waals surface area contributed by atoms with Gasteiger partial charge in [-0.3, -0.25) is 0 Å². The zero-order valence-electron chi connectivity index (χ0n) is 18.1. The molecule has 0 spiro atoms. The van der Waals surface area contributed by atoms with Gasteiger partial charge in [0.25, 0.3) is 0 Å². The van der Waals surface area contributed by atoms with E-state index in [1.54, 1.807) is 25.6 Å². The molecule has 8 heteroatoms. The number of benzene rings is 2. The molecule has 2 aromatic carbocycles. The summed E-state index contributed by atoms with van der Waals surface area (Å²) in [5, 5.41) is 9.75. The Bertz CT molecular complexity index is 963. The van der Waals surface area contributed by atoms with Crippen molar-refractivity contribution in [3.8, 4) is 22.8 Å². The van der Waals surface area contributed by atoms with Crippen LogP contribution in [0.2, 0.25) is 0 Å². The van der Waals surface area contributed by atoms with Crippen molar-refractivity contribution in [2.45, 2.75) is 19.9 Å². The number of methoxy groups -OCH3 is 2. The van der Waals surface area contributed by atoms with Gasteiger partial charge in [-0.2, -0.15) is 0 Å². The highest BCUT2D eigenvalue weighted by atomic mass is 127. The van der Waals surface area contributed by atoms with Gasteiger partial charge in [-0.1, -0.05) is 36.4 Å². The minimum atomic E-state index is 0. The van der Waals surface area contributed by atoms with Gasteiger partial charge in [-0.15, -0.1) is 35.3 Å². The summed E-state index contributed by atoms with van der Waals surface area (Å²) in [4.78, 5) is 9.39. The van der Waals surface area contributed by atoms with Crippen LogP contribution >= 0.6 is 35.3 Å². The van der Waals surface area contributed by atoms with Crippen molar-refractivity contribution in [2.24, 2.45) is 4.99 Å². The number of nitrogens with one attached hydrogen (secondary N) is 2. The van der Waals surface area contributed by atoms with Crippen LogP contribution in [0.5, 0.6) is 11.5 Å². The van der Waals surface area contributed by atoms with E-state index < -0.39 is 0 Å². The second-order valence-electron chi connectivity index (χ2n) is 6.55. The Morgan fingerprint density at radius 2 is 1.81 bits per heavy atom. The highest BCUT2D eigenvalue weighted by Crippen LogP contribution is 2.27. The third-order valence-corrected chi connectivity index (χ3v) is 5.33. The molecule has 31 heavy (non-hydrogen) atoms. The number of aromatic nitrogens is 1. The molecule has 0 unspecified atom stereocenters. The van der Waals surface area contributed by atoms with Crippen LogP contribution in [0.4, 0.5) is 0 Å². The highest BCUT2D eigenvalue weighted by molar-refractivity contribution is 14.0. The molecule has 1 aromatic heterocycles. The Morgan fingerprint density at radius 3 is 2.52 bits per heavy atom. The maximum atomic E-state index is 5.38. The van der Waals surface area contributed by atoms with Crippen molar-refractivity contribution in [3.63, 3.8) is 0 Å². The number of nitrogens with zero attached hydrogens (tertiary/aromatic N) is 2. The predicted molar refractivity (Wildman–Crippen MR) is 139 cm³/mol.